The van der Waals surface area contributed by atoms with E-state index in [2.05, 4.69) is 16.9 Å². The third kappa shape index (κ3) is 3.71. The van der Waals surface area contributed by atoms with Gasteiger partial charge in [-0.2, -0.15) is 0 Å². The van der Waals surface area contributed by atoms with Crippen LogP contribution < -0.4 is 5.56 Å². The van der Waals surface area contributed by atoms with E-state index in [0.717, 1.165) is 42.6 Å². The van der Waals surface area contributed by atoms with Gasteiger partial charge < -0.3 is 14.8 Å². The number of amides is 1. The number of nitrogens with zero attached hydrogens (tertiary/aromatic N) is 2. The fourth-order valence-electron chi connectivity index (χ4n) is 4.03. The van der Waals surface area contributed by atoms with Crippen molar-refractivity contribution < 1.29 is 4.79 Å². The van der Waals surface area contributed by atoms with Crippen molar-refractivity contribution in [1.29, 1.82) is 0 Å². The number of aromatic nitrogens is 1. The summed E-state index contributed by atoms with van der Waals surface area (Å²) >= 11 is 0. The summed E-state index contributed by atoms with van der Waals surface area (Å²) in [7, 11) is 4.01. The van der Waals surface area contributed by atoms with Crippen molar-refractivity contribution in [3.63, 3.8) is 0 Å². The number of benzene rings is 2. The lowest BCUT2D eigenvalue weighted by atomic mass is 10.0. The van der Waals surface area contributed by atoms with Gasteiger partial charge in [-0.1, -0.05) is 24.3 Å². The summed E-state index contributed by atoms with van der Waals surface area (Å²) in [6.07, 6.45) is 2.80. The number of pyridine rings is 1. The van der Waals surface area contributed by atoms with Crippen LogP contribution in [0, 0.1) is 5.92 Å². The van der Waals surface area contributed by atoms with Gasteiger partial charge in [0.1, 0.15) is 0 Å². The molecule has 5 nitrogen and oxygen atoms in total. The van der Waals surface area contributed by atoms with Crippen LogP contribution in [0.25, 0.3) is 21.9 Å². The lowest BCUT2D eigenvalue weighted by Crippen LogP contribution is -2.32. The Hall–Kier alpha value is -2.92. The van der Waals surface area contributed by atoms with Crippen molar-refractivity contribution in [1.82, 2.24) is 14.8 Å². The van der Waals surface area contributed by atoms with Crippen molar-refractivity contribution in [3.05, 3.63) is 70.6 Å². The van der Waals surface area contributed by atoms with Gasteiger partial charge in [-0.3, -0.25) is 9.59 Å². The van der Waals surface area contributed by atoms with E-state index in [-0.39, 0.29) is 11.5 Å². The van der Waals surface area contributed by atoms with Gasteiger partial charge in [-0.05, 0) is 66.7 Å². The molecule has 1 amide bonds. The van der Waals surface area contributed by atoms with Crippen LogP contribution in [0.2, 0.25) is 0 Å². The molecule has 1 aromatic heterocycles. The second-order valence-corrected chi connectivity index (χ2v) is 7.79. The van der Waals surface area contributed by atoms with Gasteiger partial charge >= 0.3 is 0 Å². The molecule has 1 fully saturated rings. The van der Waals surface area contributed by atoms with Crippen molar-refractivity contribution in [2.75, 3.05) is 33.7 Å². The highest BCUT2D eigenvalue weighted by molar-refractivity contribution is 5.95. The predicted molar refractivity (Wildman–Crippen MR) is 113 cm³/mol. The van der Waals surface area contributed by atoms with E-state index in [0.29, 0.717) is 16.9 Å². The van der Waals surface area contributed by atoms with Crippen LogP contribution in [0.4, 0.5) is 0 Å². The number of rotatable bonds is 4. The molecule has 28 heavy (non-hydrogen) atoms. The van der Waals surface area contributed by atoms with E-state index < -0.39 is 0 Å². The van der Waals surface area contributed by atoms with Crippen LogP contribution in [-0.2, 0) is 0 Å². The Balaban J connectivity index is 1.51. The van der Waals surface area contributed by atoms with Gasteiger partial charge in [-0.15, -0.1) is 0 Å². The maximum absolute atomic E-state index is 12.7. The van der Waals surface area contributed by atoms with E-state index in [1.807, 2.05) is 60.5 Å². The zero-order valence-corrected chi connectivity index (χ0v) is 16.3. The van der Waals surface area contributed by atoms with E-state index in [9.17, 15) is 9.59 Å². The van der Waals surface area contributed by atoms with Crippen LogP contribution in [0.5, 0.6) is 0 Å². The van der Waals surface area contributed by atoms with E-state index in [4.69, 9.17) is 0 Å². The fraction of sp³-hybridized carbons (Fsp3) is 0.304. The standard InChI is InChI=1S/C23H25N3O2/c1-25-12-10-16(14-25)15-26(2)23(28)19-6-3-17(4-7-19)20-8-5-18-9-11-24-22(27)21(18)13-20/h3-9,11,13,16H,10,12,14-15H2,1-2H3,(H,24,27). The monoisotopic (exact) mass is 375 g/mol. The quantitative estimate of drug-likeness (QED) is 0.762. The smallest absolute Gasteiger partial charge is 0.255 e. The molecule has 1 unspecified atom stereocenters. The van der Waals surface area contributed by atoms with E-state index in [1.54, 1.807) is 6.20 Å². The van der Waals surface area contributed by atoms with Crippen LogP contribution in [0.15, 0.2) is 59.5 Å². The van der Waals surface area contributed by atoms with Gasteiger partial charge in [0.2, 0.25) is 0 Å². The van der Waals surface area contributed by atoms with Gasteiger partial charge in [-0.25, -0.2) is 0 Å². The molecule has 0 radical (unpaired) electrons. The Morgan fingerprint density at radius 2 is 1.89 bits per heavy atom. The average molecular weight is 375 g/mol. The Morgan fingerprint density at radius 3 is 2.61 bits per heavy atom. The minimum Gasteiger partial charge on any atom is -0.341 e. The molecule has 1 N–H and O–H groups in total. The number of H-pyrrole nitrogens is 1. The Bertz CT molecular complexity index is 1060. The number of hydrogen-bond acceptors (Lipinski definition) is 3. The van der Waals surface area contributed by atoms with Crippen LogP contribution in [0.1, 0.15) is 16.8 Å². The van der Waals surface area contributed by atoms with Crippen LogP contribution >= 0.6 is 0 Å². The minimum atomic E-state index is -0.0923. The van der Waals surface area contributed by atoms with Gasteiger partial charge in [0.15, 0.2) is 0 Å². The highest BCUT2D eigenvalue weighted by Crippen LogP contribution is 2.24. The maximum Gasteiger partial charge on any atom is 0.255 e. The number of nitrogens with one attached hydrogen (secondary N) is 1. The second kappa shape index (κ2) is 7.60. The van der Waals surface area contributed by atoms with Crippen molar-refractivity contribution in [3.8, 4) is 11.1 Å². The molecule has 1 atom stereocenters. The normalized spacial score (nSPS) is 17.1. The molecular formula is C23H25N3O2. The Morgan fingerprint density at radius 1 is 1.14 bits per heavy atom. The summed E-state index contributed by atoms with van der Waals surface area (Å²) in [4.78, 5) is 31.6. The summed E-state index contributed by atoms with van der Waals surface area (Å²) in [6.45, 7) is 2.95. The maximum atomic E-state index is 12.7. The summed E-state index contributed by atoms with van der Waals surface area (Å²) in [5.74, 6) is 0.602. The predicted octanol–water partition coefficient (Wildman–Crippen LogP) is 3.22. The number of fused-ring (bicyclic) bond motifs is 1. The summed E-state index contributed by atoms with van der Waals surface area (Å²) in [5, 5.41) is 1.58. The first-order chi connectivity index (χ1) is 13.5. The van der Waals surface area contributed by atoms with Gasteiger partial charge in [0.05, 0.1) is 0 Å². The zero-order chi connectivity index (χ0) is 19.7. The highest BCUT2D eigenvalue weighted by atomic mass is 16.2. The summed E-state index contributed by atoms with van der Waals surface area (Å²) in [5.41, 5.74) is 2.55. The molecule has 3 aromatic rings. The van der Waals surface area contributed by atoms with Crippen molar-refractivity contribution in [2.24, 2.45) is 5.92 Å². The lowest BCUT2D eigenvalue weighted by Gasteiger charge is -2.21. The van der Waals surface area contributed by atoms with Crippen LogP contribution in [0.3, 0.4) is 0 Å². The molecule has 2 heterocycles. The Labute approximate surface area is 164 Å². The first-order valence-electron chi connectivity index (χ1n) is 9.67. The number of carbonyl (C=O) groups is 1. The van der Waals surface area contributed by atoms with Crippen molar-refractivity contribution in [2.45, 2.75) is 6.42 Å². The molecule has 4 rings (SSSR count). The van der Waals surface area contributed by atoms with E-state index >= 15 is 0 Å². The molecule has 0 bridgehead atoms. The Kier molecular flexibility index (Phi) is 5.01. The molecule has 1 saturated heterocycles. The number of likely N-dealkylation sites (tertiary alicyclic amines) is 1. The van der Waals surface area contributed by atoms with E-state index in [1.165, 1.54) is 0 Å². The molecule has 1 aliphatic rings. The lowest BCUT2D eigenvalue weighted by molar-refractivity contribution is 0.0774. The largest absolute Gasteiger partial charge is 0.341 e. The van der Waals surface area contributed by atoms with Gasteiger partial charge in [0.25, 0.3) is 11.5 Å². The third-order valence-electron chi connectivity index (χ3n) is 5.61. The zero-order valence-electron chi connectivity index (χ0n) is 16.3. The third-order valence-corrected chi connectivity index (χ3v) is 5.61. The molecule has 5 heteroatoms. The highest BCUT2D eigenvalue weighted by Gasteiger charge is 2.23. The first kappa shape index (κ1) is 18.4. The number of carbonyl (C=O) groups excluding carboxylic acids is 1. The molecule has 0 spiro atoms. The SMILES string of the molecule is CN1CCC(CN(C)C(=O)c2ccc(-c3ccc4cc[nH]c(=O)c4c3)cc2)C1. The summed E-state index contributed by atoms with van der Waals surface area (Å²) < 4.78 is 0. The molecule has 0 saturated carbocycles. The van der Waals surface area contributed by atoms with Gasteiger partial charge in [0, 0.05) is 37.3 Å². The fourth-order valence-corrected chi connectivity index (χ4v) is 4.03. The summed E-state index contributed by atoms with van der Waals surface area (Å²) in [6, 6.07) is 15.4. The first-order valence-corrected chi connectivity index (χ1v) is 9.67. The topological polar surface area (TPSA) is 56.4 Å². The minimum absolute atomic E-state index is 0.0519. The second-order valence-electron chi connectivity index (χ2n) is 7.79. The molecule has 0 aliphatic carbocycles. The number of aromatic amines is 1. The van der Waals surface area contributed by atoms with Crippen LogP contribution in [-0.4, -0.2) is 54.4 Å². The number of hydrogen-bond donors (Lipinski definition) is 1. The average Bonchev–Trinajstić information content (AvgIpc) is 3.12. The molecule has 2 aromatic carbocycles. The molecule has 144 valence electrons. The molecule has 1 aliphatic heterocycles. The van der Waals surface area contributed by atoms with Crippen molar-refractivity contribution >= 4 is 16.7 Å². The molecular weight excluding hydrogens is 350 g/mol.